The molecular formula is C25H29N7S. The van der Waals surface area contributed by atoms with Crippen LogP contribution < -0.4 is 10.2 Å². The van der Waals surface area contributed by atoms with Crippen molar-refractivity contribution in [1.29, 1.82) is 0 Å². The second-order valence-electron chi connectivity index (χ2n) is 8.66. The molecule has 0 unspecified atom stereocenters. The van der Waals surface area contributed by atoms with Gasteiger partial charge in [0.25, 0.3) is 0 Å². The summed E-state index contributed by atoms with van der Waals surface area (Å²) >= 11 is 1.55. The fraction of sp³-hybridized carbons (Fsp3) is 0.320. The van der Waals surface area contributed by atoms with E-state index in [1.807, 2.05) is 25.4 Å². The molecule has 3 aromatic heterocycles. The van der Waals surface area contributed by atoms with Crippen LogP contribution in [0.4, 0.5) is 22.5 Å². The Morgan fingerprint density at radius 1 is 1.00 bits per heavy atom. The van der Waals surface area contributed by atoms with Gasteiger partial charge in [0, 0.05) is 51.7 Å². The first-order valence-electron chi connectivity index (χ1n) is 11.2. The summed E-state index contributed by atoms with van der Waals surface area (Å²) in [6, 6.07) is 16.7. The van der Waals surface area contributed by atoms with Crippen molar-refractivity contribution >= 4 is 44.1 Å². The van der Waals surface area contributed by atoms with Crippen LogP contribution in [0.5, 0.6) is 0 Å². The molecule has 5 rings (SSSR count). The monoisotopic (exact) mass is 459 g/mol. The Labute approximate surface area is 198 Å². The van der Waals surface area contributed by atoms with E-state index in [-0.39, 0.29) is 0 Å². The molecule has 1 fully saturated rings. The lowest BCUT2D eigenvalue weighted by Gasteiger charge is -2.32. The molecule has 170 valence electrons. The van der Waals surface area contributed by atoms with E-state index in [0.717, 1.165) is 65.5 Å². The molecule has 4 aromatic rings. The van der Waals surface area contributed by atoms with Crippen LogP contribution in [0.3, 0.4) is 0 Å². The first-order chi connectivity index (χ1) is 16.0. The summed E-state index contributed by atoms with van der Waals surface area (Å²) < 4.78 is 0. The lowest BCUT2D eigenvalue weighted by molar-refractivity contribution is 0.148. The quantitative estimate of drug-likeness (QED) is 0.450. The third-order valence-electron chi connectivity index (χ3n) is 6.07. The smallest absolute Gasteiger partial charge is 0.190 e. The first kappa shape index (κ1) is 21.8. The third-order valence-corrected chi connectivity index (χ3v) is 6.95. The molecule has 0 radical (unpaired) electrons. The van der Waals surface area contributed by atoms with Gasteiger partial charge in [-0.05, 0) is 55.9 Å². The summed E-state index contributed by atoms with van der Waals surface area (Å²) in [6.07, 6.45) is 1.87. The predicted octanol–water partition coefficient (Wildman–Crippen LogP) is 4.65. The number of benzene rings is 1. The second-order valence-corrected chi connectivity index (χ2v) is 9.64. The Balaban J connectivity index is 1.30. The summed E-state index contributed by atoms with van der Waals surface area (Å²) in [4.78, 5) is 21.9. The largest absolute Gasteiger partial charge is 0.329 e. The van der Waals surface area contributed by atoms with E-state index < -0.39 is 0 Å². The number of aromatic nitrogens is 3. The molecular weight excluding hydrogens is 430 g/mol. The Morgan fingerprint density at radius 2 is 1.79 bits per heavy atom. The number of piperazine rings is 1. The minimum Gasteiger partial charge on any atom is -0.329 e. The molecule has 33 heavy (non-hydrogen) atoms. The minimum absolute atomic E-state index is 0.803. The van der Waals surface area contributed by atoms with Gasteiger partial charge in [0.2, 0.25) is 0 Å². The number of hydrogen-bond donors (Lipinski definition) is 1. The number of pyridine rings is 2. The van der Waals surface area contributed by atoms with E-state index in [1.165, 1.54) is 11.1 Å². The van der Waals surface area contributed by atoms with Gasteiger partial charge in [0.05, 0.1) is 0 Å². The average molecular weight is 460 g/mol. The third kappa shape index (κ3) is 5.13. The number of fused-ring (bicyclic) bond motifs is 1. The van der Waals surface area contributed by atoms with Crippen LogP contribution >= 0.6 is 11.3 Å². The molecule has 1 N–H and O–H groups in total. The molecule has 7 nitrogen and oxygen atoms in total. The Kier molecular flexibility index (Phi) is 6.22. The Bertz CT molecular complexity index is 1230. The summed E-state index contributed by atoms with van der Waals surface area (Å²) in [7, 11) is 4.22. The molecule has 0 aliphatic carbocycles. The van der Waals surface area contributed by atoms with Crippen LogP contribution in [0.25, 0.3) is 10.3 Å². The highest BCUT2D eigenvalue weighted by molar-refractivity contribution is 7.21. The molecule has 0 atom stereocenters. The van der Waals surface area contributed by atoms with Crippen LogP contribution in [0.15, 0.2) is 54.7 Å². The number of hydrogen-bond acceptors (Lipinski definition) is 8. The number of thiazole rings is 1. The highest BCUT2D eigenvalue weighted by Gasteiger charge is 2.15. The van der Waals surface area contributed by atoms with E-state index in [0.29, 0.717) is 0 Å². The highest BCUT2D eigenvalue weighted by atomic mass is 32.1. The van der Waals surface area contributed by atoms with Gasteiger partial charge in [-0.2, -0.15) is 0 Å². The molecule has 1 saturated heterocycles. The predicted molar refractivity (Wildman–Crippen MR) is 137 cm³/mol. The zero-order valence-electron chi connectivity index (χ0n) is 19.3. The van der Waals surface area contributed by atoms with Crippen molar-refractivity contribution in [1.82, 2.24) is 24.8 Å². The van der Waals surface area contributed by atoms with E-state index in [9.17, 15) is 0 Å². The van der Waals surface area contributed by atoms with Crippen LogP contribution in [-0.4, -0.2) is 65.0 Å². The van der Waals surface area contributed by atoms with Crippen molar-refractivity contribution < 1.29 is 0 Å². The van der Waals surface area contributed by atoms with Crippen molar-refractivity contribution in [3.05, 3.63) is 65.9 Å². The van der Waals surface area contributed by atoms with E-state index in [4.69, 9.17) is 9.97 Å². The van der Waals surface area contributed by atoms with Gasteiger partial charge in [-0.3, -0.25) is 4.90 Å². The van der Waals surface area contributed by atoms with Crippen LogP contribution in [0, 0.1) is 6.92 Å². The van der Waals surface area contributed by atoms with Crippen molar-refractivity contribution in [3.63, 3.8) is 0 Å². The van der Waals surface area contributed by atoms with Gasteiger partial charge in [-0.25, -0.2) is 15.0 Å². The lowest BCUT2D eigenvalue weighted by atomic mass is 10.2. The van der Waals surface area contributed by atoms with E-state index in [2.05, 4.69) is 75.4 Å². The van der Waals surface area contributed by atoms with Crippen LogP contribution in [-0.2, 0) is 6.54 Å². The number of rotatable bonds is 6. The summed E-state index contributed by atoms with van der Waals surface area (Å²) in [6.45, 7) is 7.49. The topological polar surface area (TPSA) is 60.4 Å². The number of nitrogens with zero attached hydrogens (tertiary/aromatic N) is 6. The zero-order chi connectivity index (χ0) is 22.8. The molecule has 1 aliphatic rings. The molecule has 4 heterocycles. The maximum Gasteiger partial charge on any atom is 0.190 e. The Morgan fingerprint density at radius 3 is 2.58 bits per heavy atom. The first-order valence-corrected chi connectivity index (χ1v) is 12.1. The van der Waals surface area contributed by atoms with E-state index >= 15 is 0 Å². The Hall–Kier alpha value is -3.07. The molecule has 0 spiro atoms. The fourth-order valence-electron chi connectivity index (χ4n) is 3.96. The minimum atomic E-state index is 0.803. The molecule has 1 aliphatic heterocycles. The number of nitrogens with one attached hydrogen (secondary N) is 1. The fourth-order valence-corrected chi connectivity index (χ4v) is 4.80. The molecule has 8 heteroatoms. The summed E-state index contributed by atoms with van der Waals surface area (Å²) in [5.41, 5.74) is 4.50. The molecule has 0 amide bonds. The van der Waals surface area contributed by atoms with Crippen LogP contribution in [0.2, 0.25) is 0 Å². The maximum atomic E-state index is 4.85. The SMILES string of the molecule is Cc1ccc(N(C)c2ccc3nc(Nc4cc(CN5CCN(C)CC5)ccn4)sc3n2)cc1. The van der Waals surface area contributed by atoms with E-state index in [1.54, 1.807) is 11.3 Å². The lowest BCUT2D eigenvalue weighted by Crippen LogP contribution is -2.43. The number of likely N-dealkylation sites (N-methyl/N-ethyl adjacent to an activating group) is 1. The standard InChI is InChI=1S/C25H29N7S/c1-18-4-6-20(7-5-18)31(3)23-9-8-21-24(29-23)33-25(27-21)28-22-16-19(10-11-26-22)17-32-14-12-30(2)13-15-32/h4-11,16H,12-15,17H2,1-3H3,(H,26,27,28). The van der Waals surface area contributed by atoms with Crippen molar-refractivity contribution in [3.8, 4) is 0 Å². The maximum absolute atomic E-state index is 4.85. The van der Waals surface area contributed by atoms with Gasteiger partial charge >= 0.3 is 0 Å². The van der Waals surface area contributed by atoms with Gasteiger partial charge in [-0.1, -0.05) is 29.0 Å². The molecule has 0 bridgehead atoms. The normalized spacial score (nSPS) is 15.1. The molecule has 0 saturated carbocycles. The highest BCUT2D eigenvalue weighted by Crippen LogP contribution is 2.30. The summed E-state index contributed by atoms with van der Waals surface area (Å²) in [5.74, 6) is 1.71. The average Bonchev–Trinajstić information content (AvgIpc) is 3.22. The second kappa shape index (κ2) is 9.43. The van der Waals surface area contributed by atoms with Gasteiger partial charge in [0.15, 0.2) is 5.13 Å². The van der Waals surface area contributed by atoms with Crippen molar-refractivity contribution in [2.45, 2.75) is 13.5 Å². The van der Waals surface area contributed by atoms with Crippen LogP contribution in [0.1, 0.15) is 11.1 Å². The van der Waals surface area contributed by atoms with Gasteiger partial charge in [-0.15, -0.1) is 0 Å². The van der Waals surface area contributed by atoms with Gasteiger partial charge < -0.3 is 15.1 Å². The van der Waals surface area contributed by atoms with Gasteiger partial charge in [0.1, 0.15) is 22.0 Å². The van der Waals surface area contributed by atoms with Crippen molar-refractivity contribution in [2.75, 3.05) is 50.5 Å². The summed E-state index contributed by atoms with van der Waals surface area (Å²) in [5, 5.41) is 4.18. The van der Waals surface area contributed by atoms with Crippen molar-refractivity contribution in [2.24, 2.45) is 0 Å². The number of aryl methyl sites for hydroxylation is 1. The zero-order valence-corrected chi connectivity index (χ0v) is 20.1. The number of anilines is 4. The molecule has 1 aromatic carbocycles.